The lowest BCUT2D eigenvalue weighted by Gasteiger charge is -2.04. The van der Waals surface area contributed by atoms with Crippen molar-refractivity contribution in [2.75, 3.05) is 5.73 Å². The lowest BCUT2D eigenvalue weighted by molar-refractivity contribution is 0.589. The molecule has 0 aliphatic rings. The van der Waals surface area contributed by atoms with Crippen LogP contribution in [-0.4, -0.2) is 24.7 Å². The van der Waals surface area contributed by atoms with E-state index in [1.165, 1.54) is 6.07 Å². The average Bonchev–Trinajstić information content (AvgIpc) is 2.98. The lowest BCUT2D eigenvalue weighted by atomic mass is 10.2. The van der Waals surface area contributed by atoms with E-state index in [1.807, 2.05) is 12.1 Å². The highest BCUT2D eigenvalue weighted by atomic mass is 127. The summed E-state index contributed by atoms with van der Waals surface area (Å²) in [6, 6.07) is 10.3. The molecule has 0 amide bonds. The molecular formula is C17H12FIN6. The Morgan fingerprint density at radius 1 is 1.12 bits per heavy atom. The van der Waals surface area contributed by atoms with Crippen molar-refractivity contribution < 1.29 is 4.39 Å². The molecule has 0 fully saturated rings. The van der Waals surface area contributed by atoms with Gasteiger partial charge < -0.3 is 5.73 Å². The van der Waals surface area contributed by atoms with E-state index >= 15 is 0 Å². The molecule has 0 aliphatic carbocycles. The van der Waals surface area contributed by atoms with Gasteiger partial charge in [-0.15, -0.1) is 0 Å². The number of halogens is 2. The number of hydrogen-bond donors (Lipinski definition) is 1. The Kier molecular flexibility index (Phi) is 4.04. The van der Waals surface area contributed by atoms with Crippen LogP contribution in [0, 0.1) is 9.39 Å². The molecule has 0 saturated carbocycles. The highest BCUT2D eigenvalue weighted by Crippen LogP contribution is 2.26. The Morgan fingerprint density at radius 2 is 1.96 bits per heavy atom. The molecule has 25 heavy (non-hydrogen) atoms. The number of aromatic nitrogens is 5. The predicted molar refractivity (Wildman–Crippen MR) is 101 cm³/mol. The first kappa shape index (κ1) is 15.9. The molecule has 0 unspecified atom stereocenters. The van der Waals surface area contributed by atoms with Crippen molar-refractivity contribution in [3.8, 4) is 11.5 Å². The highest BCUT2D eigenvalue weighted by molar-refractivity contribution is 14.1. The molecule has 0 saturated heterocycles. The van der Waals surface area contributed by atoms with E-state index in [0.717, 1.165) is 8.96 Å². The van der Waals surface area contributed by atoms with Gasteiger partial charge in [-0.3, -0.25) is 0 Å². The van der Waals surface area contributed by atoms with Gasteiger partial charge in [-0.1, -0.05) is 18.2 Å². The van der Waals surface area contributed by atoms with Crippen molar-refractivity contribution in [3.63, 3.8) is 0 Å². The minimum atomic E-state index is -0.279. The minimum Gasteiger partial charge on any atom is -0.383 e. The van der Waals surface area contributed by atoms with Gasteiger partial charge in [0.2, 0.25) is 0 Å². The van der Waals surface area contributed by atoms with Gasteiger partial charge in [0.25, 0.3) is 0 Å². The molecule has 124 valence electrons. The minimum absolute atomic E-state index is 0.264. The van der Waals surface area contributed by atoms with Crippen molar-refractivity contribution >= 4 is 39.4 Å². The molecule has 2 N–H and O–H groups in total. The Labute approximate surface area is 156 Å². The zero-order chi connectivity index (χ0) is 17.4. The first-order valence-electron chi connectivity index (χ1n) is 7.47. The number of nitrogens with zero attached hydrogens (tertiary/aromatic N) is 5. The van der Waals surface area contributed by atoms with Crippen LogP contribution in [0.15, 0.2) is 48.8 Å². The summed E-state index contributed by atoms with van der Waals surface area (Å²) in [5.41, 5.74) is 7.64. The summed E-state index contributed by atoms with van der Waals surface area (Å²) < 4.78 is 16.4. The Hall–Kier alpha value is -2.62. The molecule has 0 radical (unpaired) electrons. The standard InChI is InChI=1S/C17H12FIN6/c18-12-6-2-1-4-10(12)9-25-17-11(5-3-7-21-17)14(24-25)16-22-8-13(19)15(20)23-16/h1-8H,9H2,(H2,20,22,23). The fraction of sp³-hybridized carbons (Fsp3) is 0.0588. The van der Waals surface area contributed by atoms with Crippen molar-refractivity contribution in [1.82, 2.24) is 24.7 Å². The first-order valence-corrected chi connectivity index (χ1v) is 8.54. The van der Waals surface area contributed by atoms with Gasteiger partial charge in [0.15, 0.2) is 11.5 Å². The molecule has 0 bridgehead atoms. The first-order chi connectivity index (χ1) is 12.1. The maximum atomic E-state index is 14.0. The summed E-state index contributed by atoms with van der Waals surface area (Å²) in [5, 5.41) is 5.36. The lowest BCUT2D eigenvalue weighted by Crippen LogP contribution is -2.05. The molecule has 6 nitrogen and oxygen atoms in total. The fourth-order valence-corrected chi connectivity index (χ4v) is 2.83. The smallest absolute Gasteiger partial charge is 0.182 e. The number of benzene rings is 1. The van der Waals surface area contributed by atoms with Gasteiger partial charge in [0, 0.05) is 18.0 Å². The van der Waals surface area contributed by atoms with Gasteiger partial charge in [0.1, 0.15) is 17.3 Å². The van der Waals surface area contributed by atoms with Gasteiger partial charge in [-0.2, -0.15) is 5.10 Å². The summed E-state index contributed by atoms with van der Waals surface area (Å²) in [5.74, 6) is 0.535. The molecule has 4 aromatic rings. The van der Waals surface area contributed by atoms with Crippen molar-refractivity contribution in [1.29, 1.82) is 0 Å². The number of pyridine rings is 1. The quantitative estimate of drug-likeness (QED) is 0.489. The van der Waals surface area contributed by atoms with E-state index in [-0.39, 0.29) is 12.4 Å². The summed E-state index contributed by atoms with van der Waals surface area (Å²) in [6.07, 6.45) is 3.32. The van der Waals surface area contributed by atoms with Crippen LogP contribution in [0.2, 0.25) is 0 Å². The van der Waals surface area contributed by atoms with Crippen molar-refractivity contribution in [2.45, 2.75) is 6.54 Å². The third kappa shape index (κ3) is 2.93. The van der Waals surface area contributed by atoms with Crippen LogP contribution in [0.5, 0.6) is 0 Å². The van der Waals surface area contributed by atoms with Crippen LogP contribution < -0.4 is 5.73 Å². The second-order valence-corrected chi connectivity index (χ2v) is 6.56. The number of nitrogens with two attached hydrogens (primary N) is 1. The molecule has 4 rings (SSSR count). The second kappa shape index (κ2) is 6.36. The Morgan fingerprint density at radius 3 is 2.76 bits per heavy atom. The maximum absolute atomic E-state index is 14.0. The van der Waals surface area contributed by atoms with Gasteiger partial charge in [-0.25, -0.2) is 24.0 Å². The molecule has 0 atom stereocenters. The molecular weight excluding hydrogens is 434 g/mol. The van der Waals surface area contributed by atoms with E-state index in [9.17, 15) is 4.39 Å². The summed E-state index contributed by atoms with van der Waals surface area (Å²) in [7, 11) is 0. The predicted octanol–water partition coefficient (Wildman–Crippen LogP) is 3.26. The van der Waals surface area contributed by atoms with Crippen LogP contribution in [0.1, 0.15) is 5.56 Å². The van der Waals surface area contributed by atoms with Crippen LogP contribution in [0.3, 0.4) is 0 Å². The molecule has 0 spiro atoms. The number of nitrogen functional groups attached to an aromatic ring is 1. The van der Waals surface area contributed by atoms with Crippen LogP contribution in [0.4, 0.5) is 10.2 Å². The fourth-order valence-electron chi connectivity index (χ4n) is 2.57. The van der Waals surface area contributed by atoms with E-state index in [4.69, 9.17) is 5.73 Å². The number of fused-ring (bicyclic) bond motifs is 1. The summed E-state index contributed by atoms with van der Waals surface area (Å²) >= 11 is 2.07. The van der Waals surface area contributed by atoms with Crippen molar-refractivity contribution in [3.05, 3.63) is 63.7 Å². The molecule has 3 heterocycles. The molecule has 1 aromatic carbocycles. The van der Waals surface area contributed by atoms with Gasteiger partial charge >= 0.3 is 0 Å². The summed E-state index contributed by atoms with van der Waals surface area (Å²) in [6.45, 7) is 0.264. The maximum Gasteiger partial charge on any atom is 0.182 e. The van der Waals surface area contributed by atoms with Crippen LogP contribution >= 0.6 is 22.6 Å². The number of rotatable bonds is 3. The topological polar surface area (TPSA) is 82.5 Å². The zero-order valence-electron chi connectivity index (χ0n) is 12.9. The largest absolute Gasteiger partial charge is 0.383 e. The normalized spacial score (nSPS) is 11.1. The average molecular weight is 446 g/mol. The van der Waals surface area contributed by atoms with Crippen LogP contribution in [-0.2, 0) is 6.54 Å². The molecule has 3 aromatic heterocycles. The molecule has 8 heteroatoms. The SMILES string of the molecule is Nc1nc(-c2nn(Cc3ccccc3F)c3ncccc23)ncc1I. The Balaban J connectivity index is 1.87. The number of anilines is 1. The zero-order valence-corrected chi connectivity index (χ0v) is 15.1. The van der Waals surface area contributed by atoms with E-state index in [1.54, 1.807) is 35.3 Å². The van der Waals surface area contributed by atoms with Crippen LogP contribution in [0.25, 0.3) is 22.6 Å². The number of hydrogen-bond acceptors (Lipinski definition) is 5. The van der Waals surface area contributed by atoms with Crippen molar-refractivity contribution in [2.24, 2.45) is 0 Å². The van der Waals surface area contributed by atoms with Gasteiger partial charge in [0.05, 0.1) is 15.5 Å². The monoisotopic (exact) mass is 446 g/mol. The van der Waals surface area contributed by atoms with E-state index in [0.29, 0.717) is 28.5 Å². The van der Waals surface area contributed by atoms with Gasteiger partial charge in [-0.05, 0) is 40.8 Å². The second-order valence-electron chi connectivity index (χ2n) is 5.40. The van der Waals surface area contributed by atoms with E-state index < -0.39 is 0 Å². The summed E-state index contributed by atoms with van der Waals surface area (Å²) in [4.78, 5) is 13.0. The third-order valence-corrected chi connectivity index (χ3v) is 4.60. The molecule has 0 aliphatic heterocycles. The highest BCUT2D eigenvalue weighted by Gasteiger charge is 2.17. The Bertz CT molecular complexity index is 1080. The third-order valence-electron chi connectivity index (χ3n) is 3.77. The van der Waals surface area contributed by atoms with E-state index in [2.05, 4.69) is 42.6 Å².